The molecule has 0 saturated carbocycles. The molecule has 12 heavy (non-hydrogen) atoms. The summed E-state index contributed by atoms with van der Waals surface area (Å²) in [6.45, 7) is 3.91. The Morgan fingerprint density at radius 2 is 2.08 bits per heavy atom. The quantitative estimate of drug-likeness (QED) is 0.454. The number of hydrogen-bond acceptors (Lipinski definition) is 2. The monoisotopic (exact) mass is 173 g/mol. The Hall–Kier alpha value is -0.570. The van der Waals surface area contributed by atoms with Crippen molar-refractivity contribution in [3.63, 3.8) is 0 Å². The van der Waals surface area contributed by atoms with Crippen LogP contribution in [0.4, 0.5) is 0 Å². The predicted molar refractivity (Wildman–Crippen MR) is 45.2 cm³/mol. The number of carbonyl (C=O) groups excluding carboxylic acids is 1. The smallest absolute Gasteiger partial charge is 0.302 e. The summed E-state index contributed by atoms with van der Waals surface area (Å²) in [7, 11) is 0. The standard InChI is InChI=1S/C9H17O3/c1-8(5-3-4-6-10)7-12-9(2)11/h8H,3-7H2,1-2H3. The van der Waals surface area contributed by atoms with E-state index in [9.17, 15) is 9.90 Å². The average Bonchev–Trinajstić information content (AvgIpc) is 2.01. The highest BCUT2D eigenvalue weighted by Crippen LogP contribution is 2.07. The van der Waals surface area contributed by atoms with E-state index in [4.69, 9.17) is 4.74 Å². The molecule has 1 unspecified atom stereocenters. The maximum Gasteiger partial charge on any atom is 0.302 e. The fraction of sp³-hybridized carbons (Fsp3) is 0.889. The zero-order chi connectivity index (χ0) is 9.40. The second kappa shape index (κ2) is 7.10. The molecular formula is C9H17O3. The Balaban J connectivity index is 3.21. The van der Waals surface area contributed by atoms with Crippen LogP contribution in [-0.2, 0) is 14.6 Å². The molecular weight excluding hydrogens is 156 g/mol. The van der Waals surface area contributed by atoms with Gasteiger partial charge in [0.1, 0.15) is 0 Å². The maximum absolute atomic E-state index is 10.4. The van der Waals surface area contributed by atoms with Gasteiger partial charge in [0, 0.05) is 6.92 Å². The second-order valence-corrected chi connectivity index (χ2v) is 3.11. The first-order chi connectivity index (χ1) is 5.66. The van der Waals surface area contributed by atoms with Gasteiger partial charge in [-0.3, -0.25) is 4.79 Å². The van der Waals surface area contributed by atoms with Crippen LogP contribution in [0.15, 0.2) is 0 Å². The van der Waals surface area contributed by atoms with Crippen molar-refractivity contribution in [2.24, 2.45) is 5.92 Å². The lowest BCUT2D eigenvalue weighted by Gasteiger charge is -2.09. The van der Waals surface area contributed by atoms with Crippen LogP contribution in [0.5, 0.6) is 0 Å². The van der Waals surface area contributed by atoms with E-state index >= 15 is 0 Å². The molecule has 0 saturated heterocycles. The van der Waals surface area contributed by atoms with E-state index in [1.165, 1.54) is 6.92 Å². The van der Waals surface area contributed by atoms with Crippen molar-refractivity contribution in [3.05, 3.63) is 0 Å². The fourth-order valence-corrected chi connectivity index (χ4v) is 0.938. The van der Waals surface area contributed by atoms with Gasteiger partial charge in [-0.1, -0.05) is 13.3 Å². The molecule has 1 radical (unpaired) electrons. The number of hydrogen-bond donors (Lipinski definition) is 0. The number of rotatable bonds is 6. The zero-order valence-electron chi connectivity index (χ0n) is 7.84. The van der Waals surface area contributed by atoms with E-state index in [2.05, 4.69) is 0 Å². The molecule has 0 aromatic rings. The molecule has 0 aromatic heterocycles. The van der Waals surface area contributed by atoms with Crippen molar-refractivity contribution in [3.8, 4) is 0 Å². The minimum absolute atomic E-state index is 0.000283. The van der Waals surface area contributed by atoms with E-state index < -0.39 is 0 Å². The topological polar surface area (TPSA) is 46.2 Å². The van der Waals surface area contributed by atoms with Gasteiger partial charge in [0.15, 0.2) is 0 Å². The molecule has 0 fully saturated rings. The number of ether oxygens (including phenoxy) is 1. The van der Waals surface area contributed by atoms with Crippen LogP contribution in [0.2, 0.25) is 0 Å². The van der Waals surface area contributed by atoms with Gasteiger partial charge in [-0.25, -0.2) is 5.11 Å². The maximum atomic E-state index is 10.4. The first kappa shape index (κ1) is 11.4. The Morgan fingerprint density at radius 1 is 1.42 bits per heavy atom. The number of unbranched alkanes of at least 4 members (excludes halogenated alkanes) is 1. The van der Waals surface area contributed by atoms with Gasteiger partial charge < -0.3 is 4.74 Å². The van der Waals surface area contributed by atoms with Gasteiger partial charge in [-0.05, 0) is 18.8 Å². The van der Waals surface area contributed by atoms with Crippen molar-refractivity contribution < 1.29 is 14.6 Å². The minimum Gasteiger partial charge on any atom is -0.466 e. The van der Waals surface area contributed by atoms with E-state index in [0.29, 0.717) is 12.5 Å². The summed E-state index contributed by atoms with van der Waals surface area (Å²) in [6, 6.07) is 0. The van der Waals surface area contributed by atoms with Crippen LogP contribution < -0.4 is 0 Å². The molecule has 0 aromatic carbocycles. The van der Waals surface area contributed by atoms with Crippen LogP contribution in [0.25, 0.3) is 0 Å². The molecule has 0 amide bonds. The zero-order valence-corrected chi connectivity index (χ0v) is 7.84. The molecule has 0 rings (SSSR count). The highest BCUT2D eigenvalue weighted by atomic mass is 16.5. The Bertz CT molecular complexity index is 123. The van der Waals surface area contributed by atoms with E-state index in [0.717, 1.165) is 19.3 Å². The molecule has 0 aliphatic carbocycles. The van der Waals surface area contributed by atoms with Gasteiger partial charge in [-0.2, -0.15) is 0 Å². The third kappa shape index (κ3) is 7.54. The summed E-state index contributed by atoms with van der Waals surface area (Å²) in [6.07, 6.45) is 2.63. The molecule has 1 atom stereocenters. The largest absolute Gasteiger partial charge is 0.466 e. The molecule has 0 N–H and O–H groups in total. The normalized spacial score (nSPS) is 12.6. The number of esters is 1. The molecule has 71 valence electrons. The van der Waals surface area contributed by atoms with E-state index in [1.54, 1.807) is 0 Å². The van der Waals surface area contributed by atoms with Crippen molar-refractivity contribution in [2.75, 3.05) is 13.2 Å². The lowest BCUT2D eigenvalue weighted by Crippen LogP contribution is -2.09. The van der Waals surface area contributed by atoms with Crippen LogP contribution >= 0.6 is 0 Å². The molecule has 0 aliphatic rings. The second-order valence-electron chi connectivity index (χ2n) is 3.11. The molecule has 0 spiro atoms. The van der Waals surface area contributed by atoms with Gasteiger partial charge in [0.25, 0.3) is 0 Å². The van der Waals surface area contributed by atoms with Crippen LogP contribution in [-0.4, -0.2) is 19.2 Å². The van der Waals surface area contributed by atoms with E-state index in [1.807, 2.05) is 6.92 Å². The van der Waals surface area contributed by atoms with Gasteiger partial charge in [0.05, 0.1) is 13.2 Å². The van der Waals surface area contributed by atoms with Crippen molar-refractivity contribution in [1.29, 1.82) is 0 Å². The first-order valence-electron chi connectivity index (χ1n) is 4.38. The predicted octanol–water partition coefficient (Wildman–Crippen LogP) is 1.79. The van der Waals surface area contributed by atoms with Crippen LogP contribution in [0.1, 0.15) is 33.1 Å². The molecule has 0 aliphatic heterocycles. The van der Waals surface area contributed by atoms with Crippen molar-refractivity contribution >= 4 is 5.97 Å². The fourth-order valence-electron chi connectivity index (χ4n) is 0.938. The third-order valence-corrected chi connectivity index (χ3v) is 1.66. The Morgan fingerprint density at radius 3 is 2.58 bits per heavy atom. The van der Waals surface area contributed by atoms with Gasteiger partial charge in [-0.15, -0.1) is 0 Å². The summed E-state index contributed by atoms with van der Waals surface area (Å²) >= 11 is 0. The average molecular weight is 173 g/mol. The molecule has 0 heterocycles. The Kier molecular flexibility index (Phi) is 6.76. The molecule has 3 heteroatoms. The Labute approximate surface area is 73.7 Å². The summed E-state index contributed by atoms with van der Waals surface area (Å²) < 4.78 is 4.82. The first-order valence-corrected chi connectivity index (χ1v) is 4.38. The summed E-state index contributed by atoms with van der Waals surface area (Å²) in [5.41, 5.74) is 0. The summed E-state index contributed by atoms with van der Waals surface area (Å²) in [5, 5.41) is 10.1. The lowest BCUT2D eigenvalue weighted by molar-refractivity contribution is -0.142. The van der Waals surface area contributed by atoms with Crippen molar-refractivity contribution in [1.82, 2.24) is 0 Å². The van der Waals surface area contributed by atoms with Gasteiger partial charge in [0.2, 0.25) is 0 Å². The van der Waals surface area contributed by atoms with E-state index in [-0.39, 0.29) is 12.6 Å². The number of carbonyl (C=O) groups is 1. The summed E-state index contributed by atoms with van der Waals surface area (Å²) in [5.74, 6) is 0.145. The van der Waals surface area contributed by atoms with Crippen molar-refractivity contribution in [2.45, 2.75) is 33.1 Å². The molecule has 0 bridgehead atoms. The highest BCUT2D eigenvalue weighted by molar-refractivity contribution is 5.65. The SMILES string of the molecule is CC(=O)OCC(C)CCCC[O]. The van der Waals surface area contributed by atoms with Crippen LogP contribution in [0.3, 0.4) is 0 Å². The van der Waals surface area contributed by atoms with Crippen LogP contribution in [0, 0.1) is 5.92 Å². The minimum atomic E-state index is -0.231. The lowest BCUT2D eigenvalue weighted by atomic mass is 10.1. The van der Waals surface area contributed by atoms with Gasteiger partial charge >= 0.3 is 5.97 Å². The molecule has 3 nitrogen and oxygen atoms in total. The highest BCUT2D eigenvalue weighted by Gasteiger charge is 2.03. The third-order valence-electron chi connectivity index (χ3n) is 1.66. The summed E-state index contributed by atoms with van der Waals surface area (Å²) in [4.78, 5) is 10.4.